The van der Waals surface area contributed by atoms with Gasteiger partial charge in [0.25, 0.3) is 0 Å². The minimum atomic E-state index is -1.17. The van der Waals surface area contributed by atoms with E-state index in [0.29, 0.717) is 11.5 Å². The average molecular weight is 482 g/mol. The normalized spacial score (nSPS) is 11.7. The Kier molecular flexibility index (Phi) is 6.17. The number of aryl methyl sites for hydroxylation is 2. The molecule has 4 heterocycles. The molecule has 1 aromatic carbocycles. The quantitative estimate of drug-likeness (QED) is 0.353. The van der Waals surface area contributed by atoms with Crippen molar-refractivity contribution in [3.63, 3.8) is 0 Å². The monoisotopic (exact) mass is 481 g/mol. The van der Waals surface area contributed by atoms with E-state index >= 15 is 0 Å². The molecular formula is C27H23N5O2S. The highest BCUT2D eigenvalue weighted by atomic mass is 32.2. The summed E-state index contributed by atoms with van der Waals surface area (Å²) in [5.74, 6) is 7.42. The molecule has 8 heteroatoms. The fraction of sp³-hybridized carbons (Fsp3) is 0.148. The molecule has 0 radical (unpaired) electrons. The van der Waals surface area contributed by atoms with Crippen LogP contribution in [0.15, 0.2) is 78.3 Å². The van der Waals surface area contributed by atoms with Gasteiger partial charge in [-0.05, 0) is 36.8 Å². The van der Waals surface area contributed by atoms with Crippen molar-refractivity contribution < 1.29 is 8.95 Å². The third-order valence-electron chi connectivity index (χ3n) is 5.61. The van der Waals surface area contributed by atoms with Gasteiger partial charge in [0.1, 0.15) is 11.3 Å². The van der Waals surface area contributed by atoms with Crippen molar-refractivity contribution in [3.05, 3.63) is 95.8 Å². The smallest absolute Gasteiger partial charge is 0.146 e. The lowest BCUT2D eigenvalue weighted by atomic mass is 10.1. The van der Waals surface area contributed by atoms with Gasteiger partial charge < -0.3 is 4.74 Å². The van der Waals surface area contributed by atoms with E-state index in [2.05, 4.69) is 27.0 Å². The highest BCUT2D eigenvalue weighted by Gasteiger charge is 2.13. The molecule has 5 aromatic rings. The third kappa shape index (κ3) is 4.72. The van der Waals surface area contributed by atoms with Gasteiger partial charge in [0.05, 0.1) is 47.3 Å². The van der Waals surface area contributed by atoms with Gasteiger partial charge in [0, 0.05) is 47.2 Å². The van der Waals surface area contributed by atoms with Crippen LogP contribution in [0, 0.1) is 18.8 Å². The van der Waals surface area contributed by atoms with Crippen LogP contribution in [0.1, 0.15) is 22.4 Å². The summed E-state index contributed by atoms with van der Waals surface area (Å²) in [6.45, 7) is 1.97. The van der Waals surface area contributed by atoms with Crippen molar-refractivity contribution in [2.24, 2.45) is 7.05 Å². The summed E-state index contributed by atoms with van der Waals surface area (Å²) in [7, 11) is 2.34. The number of aromatic nitrogens is 5. The highest BCUT2D eigenvalue weighted by Crippen LogP contribution is 2.29. The first-order valence-corrected chi connectivity index (χ1v) is 12.3. The van der Waals surface area contributed by atoms with Crippen molar-refractivity contribution in [1.29, 1.82) is 0 Å². The Morgan fingerprint density at radius 2 is 1.89 bits per heavy atom. The zero-order valence-corrected chi connectivity index (χ0v) is 20.4. The van der Waals surface area contributed by atoms with Crippen molar-refractivity contribution in [3.8, 4) is 28.7 Å². The van der Waals surface area contributed by atoms with E-state index in [1.54, 1.807) is 34.9 Å². The molecule has 5 rings (SSSR count). The van der Waals surface area contributed by atoms with Gasteiger partial charge in [-0.15, -0.1) is 0 Å². The lowest BCUT2D eigenvalue weighted by molar-refractivity contribution is 0.417. The standard InChI is InChI=1S/C27H23N5O2S/c1-19-6-4-5-7-26(19)35(33)18-24-12-20(10-11-28-24)8-9-21-14-30-32-17-22(13-25(34-3)27(21)32)23-15-29-31(2)16-23/h4-7,10-17H,18H2,1-3H3. The molecular weight excluding hydrogens is 458 g/mol. The molecule has 0 spiro atoms. The minimum absolute atomic E-state index is 0.335. The summed E-state index contributed by atoms with van der Waals surface area (Å²) in [6, 6.07) is 13.4. The molecule has 0 aliphatic carbocycles. The van der Waals surface area contributed by atoms with E-state index in [-0.39, 0.29) is 0 Å². The van der Waals surface area contributed by atoms with Crippen LogP contribution in [0.5, 0.6) is 5.75 Å². The Hall–Kier alpha value is -4.22. The second kappa shape index (κ2) is 9.57. The number of hydrogen-bond acceptors (Lipinski definition) is 5. The lowest BCUT2D eigenvalue weighted by Crippen LogP contribution is -2.00. The molecule has 0 saturated carbocycles. The molecule has 0 N–H and O–H groups in total. The fourth-order valence-electron chi connectivity index (χ4n) is 3.86. The molecule has 0 saturated heterocycles. The van der Waals surface area contributed by atoms with E-state index < -0.39 is 10.8 Å². The molecule has 4 aromatic heterocycles. The fourth-order valence-corrected chi connectivity index (χ4v) is 5.10. The third-order valence-corrected chi connectivity index (χ3v) is 7.12. The molecule has 0 aliphatic rings. The molecule has 0 amide bonds. The first kappa shape index (κ1) is 22.6. The van der Waals surface area contributed by atoms with Gasteiger partial charge in [-0.1, -0.05) is 30.0 Å². The number of benzene rings is 1. The van der Waals surface area contributed by atoms with Crippen LogP contribution in [0.3, 0.4) is 0 Å². The molecule has 0 fully saturated rings. The Morgan fingerprint density at radius 3 is 2.66 bits per heavy atom. The van der Waals surface area contributed by atoms with Crippen LogP contribution in [0.25, 0.3) is 16.6 Å². The van der Waals surface area contributed by atoms with Gasteiger partial charge in [0.2, 0.25) is 0 Å². The second-order valence-corrected chi connectivity index (χ2v) is 9.51. The summed E-state index contributed by atoms with van der Waals surface area (Å²) in [4.78, 5) is 5.22. The van der Waals surface area contributed by atoms with E-state index in [9.17, 15) is 4.21 Å². The van der Waals surface area contributed by atoms with Crippen LogP contribution in [-0.4, -0.2) is 35.7 Å². The molecule has 35 heavy (non-hydrogen) atoms. The second-order valence-electron chi connectivity index (χ2n) is 8.09. The number of nitrogens with zero attached hydrogens (tertiary/aromatic N) is 5. The summed E-state index contributed by atoms with van der Waals surface area (Å²) >= 11 is 0. The van der Waals surface area contributed by atoms with Gasteiger partial charge in [0.15, 0.2) is 0 Å². The van der Waals surface area contributed by atoms with Crippen molar-refractivity contribution in [2.45, 2.75) is 17.6 Å². The van der Waals surface area contributed by atoms with E-state index in [0.717, 1.165) is 43.9 Å². The zero-order chi connectivity index (χ0) is 24.4. The predicted octanol–water partition coefficient (Wildman–Crippen LogP) is 4.15. The van der Waals surface area contributed by atoms with E-state index in [4.69, 9.17) is 4.74 Å². The molecule has 7 nitrogen and oxygen atoms in total. The van der Waals surface area contributed by atoms with Crippen LogP contribution < -0.4 is 4.74 Å². The molecule has 0 aliphatic heterocycles. The van der Waals surface area contributed by atoms with E-state index in [1.807, 2.05) is 68.8 Å². The largest absolute Gasteiger partial charge is 0.494 e. The Labute approximate surface area is 205 Å². The molecule has 1 unspecified atom stereocenters. The molecule has 174 valence electrons. The molecule has 1 atom stereocenters. The maximum atomic E-state index is 12.8. The van der Waals surface area contributed by atoms with Crippen molar-refractivity contribution in [1.82, 2.24) is 24.4 Å². The predicted molar refractivity (Wildman–Crippen MR) is 135 cm³/mol. The summed E-state index contributed by atoms with van der Waals surface area (Å²) in [6.07, 6.45) is 9.11. The van der Waals surface area contributed by atoms with Gasteiger partial charge in [-0.2, -0.15) is 10.2 Å². The Bertz CT molecular complexity index is 1620. The lowest BCUT2D eigenvalue weighted by Gasteiger charge is -2.06. The average Bonchev–Trinajstić information content (AvgIpc) is 3.48. The Morgan fingerprint density at radius 1 is 1.03 bits per heavy atom. The number of ether oxygens (including phenoxy) is 1. The number of methoxy groups -OCH3 is 1. The van der Waals surface area contributed by atoms with Gasteiger partial charge >= 0.3 is 0 Å². The van der Waals surface area contributed by atoms with Crippen molar-refractivity contribution in [2.75, 3.05) is 7.11 Å². The summed E-state index contributed by atoms with van der Waals surface area (Å²) in [5, 5.41) is 8.73. The first-order chi connectivity index (χ1) is 17.0. The summed E-state index contributed by atoms with van der Waals surface area (Å²) in [5.41, 5.74) is 6.01. The molecule has 0 bridgehead atoms. The van der Waals surface area contributed by atoms with Gasteiger partial charge in [-0.25, -0.2) is 4.52 Å². The highest BCUT2D eigenvalue weighted by molar-refractivity contribution is 7.84. The topological polar surface area (TPSA) is 74.3 Å². The van der Waals surface area contributed by atoms with Crippen LogP contribution >= 0.6 is 0 Å². The van der Waals surface area contributed by atoms with Gasteiger partial charge in [-0.3, -0.25) is 13.9 Å². The van der Waals surface area contributed by atoms with Crippen LogP contribution in [-0.2, 0) is 23.6 Å². The van der Waals surface area contributed by atoms with Crippen LogP contribution in [0.2, 0.25) is 0 Å². The van der Waals surface area contributed by atoms with Crippen LogP contribution in [0.4, 0.5) is 0 Å². The maximum absolute atomic E-state index is 12.8. The number of fused-ring (bicyclic) bond motifs is 1. The maximum Gasteiger partial charge on any atom is 0.146 e. The first-order valence-electron chi connectivity index (χ1n) is 11.0. The SMILES string of the molecule is COc1cc(-c2cnn(C)c2)cn2ncc(C#Cc3ccnc(CS(=O)c4ccccc4C)c3)c12. The number of pyridine rings is 2. The Balaban J connectivity index is 1.43. The number of hydrogen-bond donors (Lipinski definition) is 0. The van der Waals surface area contributed by atoms with Crippen molar-refractivity contribution >= 4 is 16.3 Å². The minimum Gasteiger partial charge on any atom is -0.494 e. The van der Waals surface area contributed by atoms with E-state index in [1.165, 1.54) is 0 Å². The summed E-state index contributed by atoms with van der Waals surface area (Å²) < 4.78 is 22.0. The zero-order valence-electron chi connectivity index (χ0n) is 19.6. The number of rotatable bonds is 5.